The van der Waals surface area contributed by atoms with Crippen molar-refractivity contribution in [2.24, 2.45) is 23.7 Å². The second-order valence-electron chi connectivity index (χ2n) is 12.5. The first-order chi connectivity index (χ1) is 20.9. The average Bonchev–Trinajstić information content (AvgIpc) is 3.23. The molecule has 0 unspecified atom stereocenters. The van der Waals surface area contributed by atoms with Crippen LogP contribution in [-0.4, -0.2) is 42.2 Å². The zero-order valence-corrected chi connectivity index (χ0v) is 24.8. The molecule has 1 saturated carbocycles. The van der Waals surface area contributed by atoms with E-state index < -0.39 is 35.6 Å². The van der Waals surface area contributed by atoms with Crippen molar-refractivity contribution < 1.29 is 46.7 Å². The van der Waals surface area contributed by atoms with E-state index >= 15 is 0 Å². The molecule has 1 aliphatic carbocycles. The third kappa shape index (κ3) is 5.78. The number of carbonyl (C=O) groups excluding carboxylic acids is 2. The number of ether oxygens (including phenoxy) is 3. The smallest absolute Gasteiger partial charge is 0.416 e. The Morgan fingerprint density at radius 2 is 1.82 bits per heavy atom. The molecule has 2 bridgehead atoms. The summed E-state index contributed by atoms with van der Waals surface area (Å²) in [4.78, 5) is 37.5. The van der Waals surface area contributed by atoms with E-state index in [0.29, 0.717) is 23.7 Å². The highest BCUT2D eigenvalue weighted by Gasteiger charge is 2.69. The molecule has 1 amide bonds. The van der Waals surface area contributed by atoms with Gasteiger partial charge in [-0.15, -0.1) is 0 Å². The molecule has 0 aromatic heterocycles. The minimum Gasteiger partial charge on any atom is -0.484 e. The molecule has 236 valence electrons. The van der Waals surface area contributed by atoms with Crippen LogP contribution in [0.5, 0.6) is 5.75 Å². The number of amides is 1. The van der Waals surface area contributed by atoms with Gasteiger partial charge in [0.1, 0.15) is 12.0 Å². The number of benzene rings is 2. The minimum absolute atomic E-state index is 0.0610. The largest absolute Gasteiger partial charge is 0.484 e. The van der Waals surface area contributed by atoms with Crippen LogP contribution in [0, 0.1) is 23.7 Å². The van der Waals surface area contributed by atoms with E-state index in [-0.39, 0.29) is 41.6 Å². The van der Waals surface area contributed by atoms with E-state index in [1.54, 1.807) is 12.1 Å². The maximum atomic E-state index is 12.9. The van der Waals surface area contributed by atoms with Crippen LogP contribution in [0.25, 0.3) is 6.08 Å². The van der Waals surface area contributed by atoms with Gasteiger partial charge in [0.25, 0.3) is 5.91 Å². The first kappa shape index (κ1) is 30.8. The summed E-state index contributed by atoms with van der Waals surface area (Å²) in [7, 11) is 0. The van der Waals surface area contributed by atoms with Crippen molar-refractivity contribution in [1.29, 1.82) is 0 Å². The van der Waals surface area contributed by atoms with Gasteiger partial charge in [0.2, 0.25) is 5.79 Å². The number of ketones is 1. The van der Waals surface area contributed by atoms with Gasteiger partial charge in [0, 0.05) is 23.8 Å². The van der Waals surface area contributed by atoms with Crippen molar-refractivity contribution in [1.82, 2.24) is 5.32 Å². The molecule has 4 aliphatic heterocycles. The van der Waals surface area contributed by atoms with Gasteiger partial charge >= 0.3 is 6.18 Å². The Morgan fingerprint density at radius 3 is 2.57 bits per heavy atom. The molecule has 7 rings (SSSR count). The van der Waals surface area contributed by atoms with Crippen molar-refractivity contribution in [2.75, 3.05) is 6.61 Å². The Balaban J connectivity index is 1.05. The summed E-state index contributed by atoms with van der Waals surface area (Å²) in [5.74, 6) is -0.610. The Morgan fingerprint density at radius 1 is 1.05 bits per heavy atom. The van der Waals surface area contributed by atoms with Gasteiger partial charge in [-0.1, -0.05) is 32.1 Å². The summed E-state index contributed by atoms with van der Waals surface area (Å²) in [5, 5.41) is 2.95. The van der Waals surface area contributed by atoms with E-state index in [9.17, 15) is 22.8 Å². The predicted molar refractivity (Wildman–Crippen MR) is 152 cm³/mol. The Hall–Kier alpha value is -3.25. The standard InChI is InChI=1S/C33H36F3NO7/c1-19-7-13-26-20(2)29(41-30-32(26)25(19)15-16-31(3,42-30)43-44-32)37-28(39)18-40-24-11-9-22(10-12-24)27(38)14-8-21-5-4-6-23(17-21)33(34,35)36/h4-6,8-12,14,17,19-20,25-26,29-30H,7,13,15-16,18H2,1-3H3,(H,37,39)/b14-8+/t19-,20-,25+,26+,29+,30-,31+,32-/m1/s1. The molecule has 8 atom stereocenters. The first-order valence-electron chi connectivity index (χ1n) is 15.0. The van der Waals surface area contributed by atoms with E-state index in [0.717, 1.165) is 31.4 Å². The van der Waals surface area contributed by atoms with Crippen LogP contribution in [0.2, 0.25) is 0 Å². The van der Waals surface area contributed by atoms with E-state index in [4.69, 9.17) is 24.0 Å². The van der Waals surface area contributed by atoms with Crippen LogP contribution < -0.4 is 10.1 Å². The zero-order chi connectivity index (χ0) is 31.3. The van der Waals surface area contributed by atoms with Crippen LogP contribution in [-0.2, 0) is 30.2 Å². The number of alkyl halides is 3. The molecule has 2 aromatic rings. The summed E-state index contributed by atoms with van der Waals surface area (Å²) in [6, 6.07) is 10.9. The maximum Gasteiger partial charge on any atom is 0.416 e. The summed E-state index contributed by atoms with van der Waals surface area (Å²) < 4.78 is 57.2. The predicted octanol–water partition coefficient (Wildman–Crippen LogP) is 6.30. The normalized spacial score (nSPS) is 34.7. The fraction of sp³-hybridized carbons (Fsp3) is 0.515. The Labute approximate surface area is 253 Å². The van der Waals surface area contributed by atoms with Gasteiger partial charge in [-0.2, -0.15) is 13.2 Å². The molecule has 1 spiro atoms. The number of hydrogen-bond acceptors (Lipinski definition) is 7. The van der Waals surface area contributed by atoms with Crippen molar-refractivity contribution >= 4 is 17.8 Å². The lowest BCUT2D eigenvalue weighted by Crippen LogP contribution is -2.72. The molecule has 4 saturated heterocycles. The summed E-state index contributed by atoms with van der Waals surface area (Å²) in [6.07, 6.45) is 0.394. The second kappa shape index (κ2) is 11.6. The second-order valence-corrected chi connectivity index (χ2v) is 12.5. The van der Waals surface area contributed by atoms with E-state index in [2.05, 4.69) is 12.2 Å². The topological polar surface area (TPSA) is 92.3 Å². The molecule has 5 fully saturated rings. The number of halogens is 3. The van der Waals surface area contributed by atoms with Gasteiger partial charge in [-0.05, 0) is 86.1 Å². The van der Waals surface area contributed by atoms with Crippen LogP contribution in [0.3, 0.4) is 0 Å². The third-order valence-electron chi connectivity index (χ3n) is 9.61. The van der Waals surface area contributed by atoms with Crippen LogP contribution in [0.15, 0.2) is 54.6 Å². The molecule has 5 aliphatic rings. The number of nitrogens with one attached hydrogen (secondary N) is 1. The quantitative estimate of drug-likeness (QED) is 0.222. The summed E-state index contributed by atoms with van der Waals surface area (Å²) in [5.41, 5.74) is -0.921. The highest BCUT2D eigenvalue weighted by molar-refractivity contribution is 6.06. The van der Waals surface area contributed by atoms with Crippen molar-refractivity contribution in [3.8, 4) is 5.75 Å². The minimum atomic E-state index is -4.46. The van der Waals surface area contributed by atoms with Gasteiger partial charge in [-0.3, -0.25) is 9.59 Å². The highest BCUT2D eigenvalue weighted by Crippen LogP contribution is 2.60. The van der Waals surface area contributed by atoms with Gasteiger partial charge < -0.3 is 19.5 Å². The Bertz CT molecular complexity index is 1430. The first-order valence-corrected chi connectivity index (χ1v) is 15.0. The lowest BCUT2D eigenvalue weighted by Gasteiger charge is -2.60. The zero-order valence-electron chi connectivity index (χ0n) is 24.8. The van der Waals surface area contributed by atoms with Crippen LogP contribution in [0.1, 0.15) is 67.9 Å². The maximum absolute atomic E-state index is 12.9. The van der Waals surface area contributed by atoms with Crippen molar-refractivity contribution in [3.63, 3.8) is 0 Å². The molecule has 1 N–H and O–H groups in total. The summed E-state index contributed by atoms with van der Waals surface area (Å²) in [6.45, 7) is 5.87. The number of carbonyl (C=O) groups is 2. The highest BCUT2D eigenvalue weighted by atomic mass is 19.4. The van der Waals surface area contributed by atoms with Gasteiger partial charge in [0.15, 0.2) is 24.3 Å². The molecular weight excluding hydrogens is 579 g/mol. The average molecular weight is 616 g/mol. The molecular formula is C33H36F3NO7. The number of rotatable bonds is 7. The number of hydrogen-bond donors (Lipinski definition) is 1. The number of allylic oxidation sites excluding steroid dienone is 1. The lowest BCUT2D eigenvalue weighted by atomic mass is 9.58. The fourth-order valence-electron chi connectivity index (χ4n) is 7.22. The van der Waals surface area contributed by atoms with Crippen LogP contribution >= 0.6 is 0 Å². The van der Waals surface area contributed by atoms with Crippen molar-refractivity contribution in [2.45, 2.75) is 76.5 Å². The van der Waals surface area contributed by atoms with Gasteiger partial charge in [-0.25, -0.2) is 9.78 Å². The molecule has 4 heterocycles. The van der Waals surface area contributed by atoms with E-state index in [1.165, 1.54) is 36.4 Å². The van der Waals surface area contributed by atoms with Crippen LogP contribution in [0.4, 0.5) is 13.2 Å². The summed E-state index contributed by atoms with van der Waals surface area (Å²) >= 11 is 0. The lowest BCUT2D eigenvalue weighted by molar-refractivity contribution is -0.571. The fourth-order valence-corrected chi connectivity index (χ4v) is 7.22. The van der Waals surface area contributed by atoms with E-state index in [1.807, 2.05) is 13.8 Å². The molecule has 44 heavy (non-hydrogen) atoms. The SMILES string of the molecule is C[C@H]1[C@@H](NC(=O)COc2ccc(C(=O)/C=C/c3cccc(C(F)(F)F)c3)cc2)O[C@@H]2O[C@]3(C)CC[C@H]4[C@H](C)CC[C@@H]1[C@@]24OO3. The monoisotopic (exact) mass is 615 g/mol. The Kier molecular flexibility index (Phi) is 8.11. The molecule has 8 nitrogen and oxygen atoms in total. The third-order valence-corrected chi connectivity index (χ3v) is 9.61. The molecule has 11 heteroatoms. The van der Waals surface area contributed by atoms with Gasteiger partial charge in [0.05, 0.1) is 5.56 Å². The number of fused-ring (bicyclic) bond motifs is 2. The molecule has 2 aromatic carbocycles. The molecule has 0 radical (unpaired) electrons. The van der Waals surface area contributed by atoms with Crippen molar-refractivity contribution in [3.05, 3.63) is 71.3 Å².